The SMILES string of the molecule is O=C(CC1C=CCC1)NCc1cccc(C(F)(F)F)c1. The summed E-state index contributed by atoms with van der Waals surface area (Å²) in [6.45, 7) is 0.124. The highest BCUT2D eigenvalue weighted by Gasteiger charge is 2.30. The number of allylic oxidation sites excluding steroid dienone is 2. The number of hydrogen-bond acceptors (Lipinski definition) is 1. The van der Waals surface area contributed by atoms with Crippen LogP contribution in [0, 0.1) is 5.92 Å². The molecule has 0 saturated carbocycles. The molecule has 5 heteroatoms. The highest BCUT2D eigenvalue weighted by molar-refractivity contribution is 5.76. The summed E-state index contributed by atoms with van der Waals surface area (Å²) in [6.07, 6.45) is 2.07. The molecule has 0 fully saturated rings. The lowest BCUT2D eigenvalue weighted by molar-refractivity contribution is -0.137. The van der Waals surface area contributed by atoms with Crippen molar-refractivity contribution in [1.29, 1.82) is 0 Å². The molecule has 1 N–H and O–H groups in total. The average molecular weight is 283 g/mol. The van der Waals surface area contributed by atoms with Gasteiger partial charge in [0.15, 0.2) is 0 Å². The molecule has 0 bridgehead atoms. The van der Waals surface area contributed by atoms with Gasteiger partial charge >= 0.3 is 6.18 Å². The summed E-state index contributed by atoms with van der Waals surface area (Å²) >= 11 is 0. The minimum absolute atomic E-state index is 0.124. The number of carbonyl (C=O) groups is 1. The molecule has 2 nitrogen and oxygen atoms in total. The van der Waals surface area contributed by atoms with Gasteiger partial charge in [0.05, 0.1) is 5.56 Å². The van der Waals surface area contributed by atoms with Crippen LogP contribution in [0.2, 0.25) is 0 Å². The van der Waals surface area contributed by atoms with Crippen LogP contribution in [0.15, 0.2) is 36.4 Å². The van der Waals surface area contributed by atoms with Crippen molar-refractivity contribution in [1.82, 2.24) is 5.32 Å². The molecule has 0 saturated heterocycles. The number of hydrogen-bond donors (Lipinski definition) is 1. The molecule has 1 atom stereocenters. The van der Waals surface area contributed by atoms with Crippen molar-refractivity contribution < 1.29 is 18.0 Å². The van der Waals surface area contributed by atoms with Crippen molar-refractivity contribution in [3.05, 3.63) is 47.5 Å². The molecule has 1 amide bonds. The number of amides is 1. The third-order valence-corrected chi connectivity index (χ3v) is 3.30. The molecular formula is C15H16F3NO. The van der Waals surface area contributed by atoms with Gasteiger partial charge in [-0.05, 0) is 36.5 Å². The minimum atomic E-state index is -4.35. The first-order valence-electron chi connectivity index (χ1n) is 6.54. The maximum absolute atomic E-state index is 12.5. The van der Waals surface area contributed by atoms with E-state index < -0.39 is 11.7 Å². The van der Waals surface area contributed by atoms with Crippen LogP contribution in [-0.4, -0.2) is 5.91 Å². The Hall–Kier alpha value is -1.78. The Morgan fingerprint density at radius 1 is 1.35 bits per heavy atom. The van der Waals surface area contributed by atoms with Crippen LogP contribution in [0.3, 0.4) is 0 Å². The van der Waals surface area contributed by atoms with Crippen LogP contribution in [0.25, 0.3) is 0 Å². The van der Waals surface area contributed by atoms with Crippen LogP contribution in [-0.2, 0) is 17.5 Å². The van der Waals surface area contributed by atoms with Gasteiger partial charge in [-0.15, -0.1) is 0 Å². The van der Waals surface area contributed by atoms with E-state index in [9.17, 15) is 18.0 Å². The summed E-state index contributed by atoms with van der Waals surface area (Å²) in [4.78, 5) is 11.7. The highest BCUT2D eigenvalue weighted by Crippen LogP contribution is 2.29. The summed E-state index contributed by atoms with van der Waals surface area (Å²) in [5.41, 5.74) is -0.238. The summed E-state index contributed by atoms with van der Waals surface area (Å²) < 4.78 is 37.6. The quantitative estimate of drug-likeness (QED) is 0.839. The molecule has 20 heavy (non-hydrogen) atoms. The molecular weight excluding hydrogens is 267 g/mol. The fourth-order valence-electron chi connectivity index (χ4n) is 2.23. The highest BCUT2D eigenvalue weighted by atomic mass is 19.4. The van der Waals surface area contributed by atoms with Crippen molar-refractivity contribution in [3.63, 3.8) is 0 Å². The summed E-state index contributed by atoms with van der Waals surface area (Å²) in [6, 6.07) is 5.01. The lowest BCUT2D eigenvalue weighted by Gasteiger charge is -2.11. The first kappa shape index (κ1) is 14.6. The molecule has 0 radical (unpaired) electrons. The monoisotopic (exact) mass is 283 g/mol. The predicted octanol–water partition coefficient (Wildman–Crippen LogP) is 3.68. The number of rotatable bonds is 4. The van der Waals surface area contributed by atoms with Crippen molar-refractivity contribution in [2.45, 2.75) is 32.0 Å². The summed E-state index contributed by atoms with van der Waals surface area (Å²) in [5.74, 6) is 0.135. The molecule has 1 aromatic carbocycles. The first-order chi connectivity index (χ1) is 9.45. The molecule has 0 aromatic heterocycles. The summed E-state index contributed by atoms with van der Waals surface area (Å²) in [7, 11) is 0. The zero-order valence-electron chi connectivity index (χ0n) is 10.9. The van der Waals surface area contributed by atoms with Gasteiger partial charge in [-0.1, -0.05) is 24.3 Å². The van der Waals surface area contributed by atoms with Crippen LogP contribution >= 0.6 is 0 Å². The zero-order valence-corrected chi connectivity index (χ0v) is 10.9. The maximum Gasteiger partial charge on any atom is 0.416 e. The number of alkyl halides is 3. The fraction of sp³-hybridized carbons (Fsp3) is 0.400. The van der Waals surface area contributed by atoms with Gasteiger partial charge in [-0.25, -0.2) is 0 Å². The second kappa shape index (κ2) is 6.11. The van der Waals surface area contributed by atoms with Gasteiger partial charge in [0.2, 0.25) is 5.91 Å². The van der Waals surface area contributed by atoms with E-state index in [2.05, 4.69) is 5.32 Å². The van der Waals surface area contributed by atoms with E-state index in [0.29, 0.717) is 12.0 Å². The Morgan fingerprint density at radius 2 is 2.15 bits per heavy atom. The van der Waals surface area contributed by atoms with Crippen molar-refractivity contribution in [2.75, 3.05) is 0 Å². The maximum atomic E-state index is 12.5. The van der Waals surface area contributed by atoms with Gasteiger partial charge in [-0.2, -0.15) is 13.2 Å². The van der Waals surface area contributed by atoms with E-state index in [4.69, 9.17) is 0 Å². The molecule has 108 valence electrons. The van der Waals surface area contributed by atoms with Crippen molar-refractivity contribution in [2.24, 2.45) is 5.92 Å². The van der Waals surface area contributed by atoms with Crippen LogP contribution < -0.4 is 5.32 Å². The second-order valence-corrected chi connectivity index (χ2v) is 4.94. The third kappa shape index (κ3) is 4.11. The van der Waals surface area contributed by atoms with E-state index >= 15 is 0 Å². The van der Waals surface area contributed by atoms with Crippen LogP contribution in [0.5, 0.6) is 0 Å². The van der Waals surface area contributed by atoms with Gasteiger partial charge in [0, 0.05) is 13.0 Å². The van der Waals surface area contributed by atoms with Crippen molar-refractivity contribution >= 4 is 5.91 Å². The third-order valence-electron chi connectivity index (χ3n) is 3.30. The molecule has 2 rings (SSSR count). The lowest BCUT2D eigenvalue weighted by Crippen LogP contribution is -2.24. The minimum Gasteiger partial charge on any atom is -0.352 e. The second-order valence-electron chi connectivity index (χ2n) is 4.94. The van der Waals surface area contributed by atoms with E-state index in [-0.39, 0.29) is 18.4 Å². The lowest BCUT2D eigenvalue weighted by atomic mass is 10.0. The molecule has 1 unspecified atom stereocenters. The van der Waals surface area contributed by atoms with Gasteiger partial charge in [-0.3, -0.25) is 4.79 Å². The van der Waals surface area contributed by atoms with Gasteiger partial charge < -0.3 is 5.32 Å². The Morgan fingerprint density at radius 3 is 2.80 bits per heavy atom. The Kier molecular flexibility index (Phi) is 4.47. The Labute approximate surface area is 115 Å². The zero-order chi connectivity index (χ0) is 14.6. The molecule has 1 aromatic rings. The largest absolute Gasteiger partial charge is 0.416 e. The molecule has 0 aliphatic heterocycles. The van der Waals surface area contributed by atoms with E-state index in [1.807, 2.05) is 12.2 Å². The molecule has 1 aliphatic carbocycles. The van der Waals surface area contributed by atoms with E-state index in [1.54, 1.807) is 6.07 Å². The Bertz CT molecular complexity index is 508. The molecule has 0 spiro atoms. The van der Waals surface area contributed by atoms with E-state index in [1.165, 1.54) is 6.07 Å². The smallest absolute Gasteiger partial charge is 0.352 e. The topological polar surface area (TPSA) is 29.1 Å². The average Bonchev–Trinajstić information content (AvgIpc) is 2.88. The number of benzene rings is 1. The Balaban J connectivity index is 1.87. The van der Waals surface area contributed by atoms with Crippen LogP contribution in [0.1, 0.15) is 30.4 Å². The van der Waals surface area contributed by atoms with Gasteiger partial charge in [0.1, 0.15) is 0 Å². The number of carbonyl (C=O) groups excluding carboxylic acids is 1. The molecule has 1 aliphatic rings. The molecule has 0 heterocycles. The van der Waals surface area contributed by atoms with Crippen LogP contribution in [0.4, 0.5) is 13.2 Å². The van der Waals surface area contributed by atoms with E-state index in [0.717, 1.165) is 25.0 Å². The normalized spacial score (nSPS) is 18.2. The van der Waals surface area contributed by atoms with Gasteiger partial charge in [0.25, 0.3) is 0 Å². The predicted molar refractivity (Wildman–Crippen MR) is 69.8 cm³/mol. The standard InChI is InChI=1S/C15H16F3NO/c16-15(17,18)13-7-3-6-12(8-13)10-19-14(20)9-11-4-1-2-5-11/h1,3-4,6-8,11H,2,5,9-10H2,(H,19,20). The van der Waals surface area contributed by atoms with Crippen molar-refractivity contribution in [3.8, 4) is 0 Å². The number of halogens is 3. The first-order valence-corrected chi connectivity index (χ1v) is 6.54. The fourth-order valence-corrected chi connectivity index (χ4v) is 2.23. The summed E-state index contributed by atoms with van der Waals surface area (Å²) in [5, 5.41) is 2.66. The number of nitrogens with one attached hydrogen (secondary N) is 1.